The molecule has 1 heterocycles. The SMILES string of the molecule is OC(CCCCCCc1ccccc1)c1nc(Br)co1. The van der Waals surface area contributed by atoms with E-state index in [9.17, 15) is 5.11 Å². The van der Waals surface area contributed by atoms with E-state index in [-0.39, 0.29) is 0 Å². The van der Waals surface area contributed by atoms with E-state index >= 15 is 0 Å². The largest absolute Gasteiger partial charge is 0.445 e. The number of benzene rings is 1. The molecule has 0 aliphatic rings. The van der Waals surface area contributed by atoms with Gasteiger partial charge in [0.2, 0.25) is 5.89 Å². The number of unbranched alkanes of at least 4 members (excludes halogenated alkanes) is 3. The summed E-state index contributed by atoms with van der Waals surface area (Å²) in [5, 5.41) is 9.89. The Hall–Kier alpha value is -1.13. The highest BCUT2D eigenvalue weighted by Gasteiger charge is 2.12. The number of rotatable bonds is 8. The quantitative estimate of drug-likeness (QED) is 0.712. The van der Waals surface area contributed by atoms with E-state index in [2.05, 4.69) is 45.2 Å². The number of hydrogen-bond acceptors (Lipinski definition) is 3. The minimum absolute atomic E-state index is 0.404. The van der Waals surface area contributed by atoms with Crippen molar-refractivity contribution in [1.82, 2.24) is 4.98 Å². The van der Waals surface area contributed by atoms with Crippen molar-refractivity contribution in [3.05, 3.63) is 52.7 Å². The lowest BCUT2D eigenvalue weighted by molar-refractivity contribution is 0.130. The van der Waals surface area contributed by atoms with Crippen LogP contribution in [0.3, 0.4) is 0 Å². The Morgan fingerprint density at radius 2 is 1.85 bits per heavy atom. The van der Waals surface area contributed by atoms with Gasteiger partial charge in [0.05, 0.1) is 0 Å². The van der Waals surface area contributed by atoms with Gasteiger partial charge in [-0.3, -0.25) is 0 Å². The van der Waals surface area contributed by atoms with E-state index in [0.717, 1.165) is 19.3 Å². The summed E-state index contributed by atoms with van der Waals surface area (Å²) in [6, 6.07) is 10.6. The van der Waals surface area contributed by atoms with E-state index in [0.29, 0.717) is 16.9 Å². The first-order valence-corrected chi connectivity index (χ1v) is 7.88. The van der Waals surface area contributed by atoms with Crippen LogP contribution in [0.2, 0.25) is 0 Å². The number of oxazole rings is 1. The van der Waals surface area contributed by atoms with Crippen LogP contribution in [0.4, 0.5) is 0 Å². The molecule has 1 unspecified atom stereocenters. The van der Waals surface area contributed by atoms with Gasteiger partial charge < -0.3 is 9.52 Å². The molecule has 0 fully saturated rings. The van der Waals surface area contributed by atoms with Crippen LogP contribution in [0, 0.1) is 0 Å². The van der Waals surface area contributed by atoms with E-state index in [1.807, 2.05) is 6.07 Å². The summed E-state index contributed by atoms with van der Waals surface area (Å²) in [5.41, 5.74) is 1.40. The second-order valence-corrected chi connectivity index (χ2v) is 5.78. The molecule has 0 bridgehead atoms. The summed E-state index contributed by atoms with van der Waals surface area (Å²) in [5.74, 6) is 0.404. The highest BCUT2D eigenvalue weighted by atomic mass is 79.9. The Kier molecular flexibility index (Phi) is 6.27. The fourth-order valence-electron chi connectivity index (χ4n) is 2.21. The summed E-state index contributed by atoms with van der Waals surface area (Å²) < 4.78 is 5.79. The molecule has 0 radical (unpaired) electrons. The Bertz CT molecular complexity index is 498. The minimum atomic E-state index is -0.588. The Morgan fingerprint density at radius 1 is 1.10 bits per heavy atom. The molecule has 1 atom stereocenters. The van der Waals surface area contributed by atoms with Gasteiger partial charge in [-0.2, -0.15) is 0 Å². The molecule has 0 aliphatic heterocycles. The van der Waals surface area contributed by atoms with E-state index in [1.54, 1.807) is 0 Å². The Balaban J connectivity index is 1.55. The molecule has 1 aromatic heterocycles. The second-order valence-electron chi connectivity index (χ2n) is 4.96. The molecule has 0 spiro atoms. The van der Waals surface area contributed by atoms with Gasteiger partial charge >= 0.3 is 0 Å². The number of halogens is 1. The van der Waals surface area contributed by atoms with E-state index in [1.165, 1.54) is 24.7 Å². The van der Waals surface area contributed by atoms with Gasteiger partial charge in [0.1, 0.15) is 17.0 Å². The van der Waals surface area contributed by atoms with Crippen molar-refractivity contribution in [1.29, 1.82) is 0 Å². The van der Waals surface area contributed by atoms with E-state index in [4.69, 9.17) is 4.42 Å². The maximum Gasteiger partial charge on any atom is 0.224 e. The maximum atomic E-state index is 9.89. The summed E-state index contributed by atoms with van der Waals surface area (Å²) in [7, 11) is 0. The van der Waals surface area contributed by atoms with Crippen LogP contribution in [0.15, 0.2) is 45.6 Å². The molecule has 0 amide bonds. The molecule has 20 heavy (non-hydrogen) atoms. The first kappa shape index (κ1) is 15.3. The fourth-order valence-corrected chi connectivity index (χ4v) is 2.48. The predicted octanol–water partition coefficient (Wildman–Crippen LogP) is 4.66. The molecular formula is C16H20BrNO2. The number of aromatic nitrogens is 1. The smallest absolute Gasteiger partial charge is 0.224 e. The molecule has 1 N–H and O–H groups in total. The van der Waals surface area contributed by atoms with Gasteiger partial charge in [-0.05, 0) is 40.8 Å². The molecular weight excluding hydrogens is 318 g/mol. The van der Waals surface area contributed by atoms with Crippen molar-refractivity contribution in [2.45, 2.75) is 44.6 Å². The van der Waals surface area contributed by atoms with Crippen molar-refractivity contribution in [3.8, 4) is 0 Å². The van der Waals surface area contributed by atoms with Gasteiger partial charge in [-0.25, -0.2) is 4.98 Å². The van der Waals surface area contributed by atoms with Crippen molar-refractivity contribution in [2.24, 2.45) is 0 Å². The third-order valence-corrected chi connectivity index (χ3v) is 3.68. The van der Waals surface area contributed by atoms with Crippen molar-refractivity contribution in [2.75, 3.05) is 0 Å². The topological polar surface area (TPSA) is 46.3 Å². The summed E-state index contributed by atoms with van der Waals surface area (Å²) >= 11 is 3.21. The van der Waals surface area contributed by atoms with Crippen LogP contribution < -0.4 is 0 Å². The van der Waals surface area contributed by atoms with Crippen LogP contribution in [0.25, 0.3) is 0 Å². The molecule has 2 aromatic rings. The van der Waals surface area contributed by atoms with E-state index < -0.39 is 6.10 Å². The Labute approximate surface area is 128 Å². The van der Waals surface area contributed by atoms with Crippen LogP contribution >= 0.6 is 15.9 Å². The standard InChI is InChI=1S/C16H20BrNO2/c17-15-12-20-16(18-15)14(19)11-7-2-1-4-8-13-9-5-3-6-10-13/h3,5-6,9-10,12,14,19H,1-2,4,7-8,11H2. The number of nitrogens with zero attached hydrogens (tertiary/aromatic N) is 1. The maximum absolute atomic E-state index is 9.89. The molecule has 2 rings (SSSR count). The molecule has 0 aliphatic carbocycles. The van der Waals surface area contributed by atoms with Crippen LogP contribution in [-0.4, -0.2) is 10.1 Å². The fraction of sp³-hybridized carbons (Fsp3) is 0.438. The van der Waals surface area contributed by atoms with Crippen LogP contribution in [-0.2, 0) is 6.42 Å². The molecule has 0 saturated heterocycles. The van der Waals surface area contributed by atoms with Crippen molar-refractivity contribution in [3.63, 3.8) is 0 Å². The zero-order chi connectivity index (χ0) is 14.2. The normalized spacial score (nSPS) is 12.5. The molecule has 4 heteroatoms. The zero-order valence-electron chi connectivity index (χ0n) is 11.5. The molecule has 108 valence electrons. The average Bonchev–Trinajstić information content (AvgIpc) is 2.90. The number of aliphatic hydroxyl groups excluding tert-OH is 1. The number of hydrogen-bond donors (Lipinski definition) is 1. The first-order chi connectivity index (χ1) is 9.75. The summed E-state index contributed by atoms with van der Waals surface area (Å²) in [4.78, 5) is 4.07. The lowest BCUT2D eigenvalue weighted by Crippen LogP contribution is -1.97. The molecule has 0 saturated carbocycles. The lowest BCUT2D eigenvalue weighted by atomic mass is 10.0. The number of aliphatic hydroxyl groups is 1. The highest BCUT2D eigenvalue weighted by Crippen LogP contribution is 2.21. The monoisotopic (exact) mass is 337 g/mol. The van der Waals surface area contributed by atoms with Crippen LogP contribution in [0.5, 0.6) is 0 Å². The second kappa shape index (κ2) is 8.22. The van der Waals surface area contributed by atoms with Gasteiger partial charge in [0.25, 0.3) is 0 Å². The van der Waals surface area contributed by atoms with Gasteiger partial charge in [-0.15, -0.1) is 0 Å². The van der Waals surface area contributed by atoms with Crippen LogP contribution in [0.1, 0.15) is 49.7 Å². The summed E-state index contributed by atoms with van der Waals surface area (Å²) in [6.07, 6.45) is 7.27. The third kappa shape index (κ3) is 5.10. The zero-order valence-corrected chi connectivity index (χ0v) is 13.1. The Morgan fingerprint density at radius 3 is 2.55 bits per heavy atom. The molecule has 3 nitrogen and oxygen atoms in total. The van der Waals surface area contributed by atoms with Gasteiger partial charge in [0, 0.05) is 0 Å². The highest BCUT2D eigenvalue weighted by molar-refractivity contribution is 9.10. The van der Waals surface area contributed by atoms with Gasteiger partial charge in [0.15, 0.2) is 0 Å². The average molecular weight is 338 g/mol. The van der Waals surface area contributed by atoms with Gasteiger partial charge in [-0.1, -0.05) is 49.6 Å². The third-order valence-electron chi connectivity index (χ3n) is 3.31. The number of aryl methyl sites for hydroxylation is 1. The first-order valence-electron chi connectivity index (χ1n) is 7.08. The van der Waals surface area contributed by atoms with Crippen molar-refractivity contribution < 1.29 is 9.52 Å². The lowest BCUT2D eigenvalue weighted by Gasteiger charge is -2.06. The van der Waals surface area contributed by atoms with Crippen molar-refractivity contribution >= 4 is 15.9 Å². The summed E-state index contributed by atoms with van der Waals surface area (Å²) in [6.45, 7) is 0. The predicted molar refractivity (Wildman–Crippen MR) is 82.4 cm³/mol. The molecule has 1 aromatic carbocycles. The minimum Gasteiger partial charge on any atom is -0.445 e.